The van der Waals surface area contributed by atoms with Crippen molar-refractivity contribution < 1.29 is 49.0 Å². The van der Waals surface area contributed by atoms with Crippen molar-refractivity contribution in [2.45, 2.75) is 19.9 Å². The van der Waals surface area contributed by atoms with Gasteiger partial charge in [0.15, 0.2) is 0 Å². The minimum Gasteiger partial charge on any atom is -0.546 e. The first-order chi connectivity index (χ1) is 12.5. The summed E-state index contributed by atoms with van der Waals surface area (Å²) in [6.45, 7) is 1.98. The van der Waals surface area contributed by atoms with Gasteiger partial charge in [0.1, 0.15) is 12.4 Å². The van der Waals surface area contributed by atoms with Gasteiger partial charge in [-0.3, -0.25) is 4.79 Å². The number of carboxylic acids is 1. The van der Waals surface area contributed by atoms with Crippen LogP contribution in [0.15, 0.2) is 48.5 Å². The molecule has 0 unspecified atom stereocenters. The molecule has 0 saturated carbocycles. The van der Waals surface area contributed by atoms with Crippen molar-refractivity contribution in [3.8, 4) is 5.75 Å². The molecule has 27 heavy (non-hydrogen) atoms. The number of benzene rings is 2. The zero-order chi connectivity index (χ0) is 18.7. The summed E-state index contributed by atoms with van der Waals surface area (Å²) in [7, 11) is 0. The maximum Gasteiger partial charge on any atom is 1.00 e. The van der Waals surface area contributed by atoms with Gasteiger partial charge in [-0.15, -0.1) is 0 Å². The normalized spacial score (nSPS) is 10.4. The summed E-state index contributed by atoms with van der Waals surface area (Å²) < 4.78 is 7.47. The maximum absolute atomic E-state index is 11.6. The zero-order valence-electron chi connectivity index (χ0n) is 15.4. The van der Waals surface area contributed by atoms with Gasteiger partial charge in [0, 0.05) is 17.6 Å². The molecule has 2 aromatic carbocycles. The summed E-state index contributed by atoms with van der Waals surface area (Å²) in [4.78, 5) is 22.3. The molecule has 1 heterocycles. The average Bonchev–Trinajstić information content (AvgIpc) is 2.86. The third-order valence-corrected chi connectivity index (χ3v) is 4.32. The molecule has 6 nitrogen and oxygen atoms in total. The Bertz CT molecular complexity index is 967. The Labute approximate surface area is 179 Å². The fourth-order valence-corrected chi connectivity index (χ4v) is 3.19. The number of primary amides is 1. The number of hydrogen-bond acceptors (Lipinski definition) is 4. The molecule has 0 aliphatic carbocycles. The number of carbonyl (C=O) groups is 2. The van der Waals surface area contributed by atoms with Gasteiger partial charge in [-0.2, -0.15) is 0 Å². The van der Waals surface area contributed by atoms with Gasteiger partial charge in [0.2, 0.25) is 5.91 Å². The number of aromatic nitrogens is 1. The van der Waals surface area contributed by atoms with Gasteiger partial charge >= 0.3 is 29.6 Å². The number of nitrogens with zero attached hydrogens (tertiary/aromatic N) is 1. The number of aliphatic carboxylic acids is 1. The SMILES string of the molecule is Cc1c(CC(N)=O)c2c(OCC(=O)[O-])cccc2n1Cc1ccccc1.[Na+]. The quantitative estimate of drug-likeness (QED) is 0.492. The van der Waals surface area contributed by atoms with Gasteiger partial charge in [-0.05, 0) is 30.2 Å². The summed E-state index contributed by atoms with van der Waals surface area (Å²) >= 11 is 0. The molecule has 0 aliphatic rings. The van der Waals surface area contributed by atoms with E-state index in [9.17, 15) is 14.7 Å². The number of rotatable bonds is 7. The van der Waals surface area contributed by atoms with Crippen LogP contribution in [0, 0.1) is 6.92 Å². The van der Waals surface area contributed by atoms with Gasteiger partial charge in [-0.1, -0.05) is 36.4 Å². The predicted octanol–water partition coefficient (Wildman–Crippen LogP) is -1.84. The van der Waals surface area contributed by atoms with Crippen molar-refractivity contribution in [2.24, 2.45) is 5.73 Å². The molecular weight excluding hydrogens is 355 g/mol. The first kappa shape index (κ1) is 21.0. The molecule has 0 atom stereocenters. The van der Waals surface area contributed by atoms with Crippen LogP contribution in [0.25, 0.3) is 10.9 Å². The molecule has 0 saturated heterocycles. The maximum atomic E-state index is 11.6. The molecular formula is C20H19N2NaO4. The second-order valence-corrected chi connectivity index (χ2v) is 6.09. The van der Waals surface area contributed by atoms with E-state index in [-0.39, 0.29) is 36.0 Å². The van der Waals surface area contributed by atoms with Crippen molar-refractivity contribution in [3.05, 3.63) is 65.4 Å². The van der Waals surface area contributed by atoms with Crippen LogP contribution in [0.5, 0.6) is 5.75 Å². The van der Waals surface area contributed by atoms with Crippen molar-refractivity contribution in [3.63, 3.8) is 0 Å². The number of amides is 1. The topological polar surface area (TPSA) is 97.4 Å². The Morgan fingerprint density at radius 2 is 1.81 bits per heavy atom. The second kappa shape index (κ2) is 9.08. The molecule has 0 aliphatic heterocycles. The number of carbonyl (C=O) groups excluding carboxylic acids is 2. The van der Waals surface area contributed by atoms with Crippen molar-refractivity contribution >= 4 is 22.8 Å². The third kappa shape index (κ3) is 4.71. The Hall–Kier alpha value is -2.28. The number of hydrogen-bond donors (Lipinski definition) is 1. The van der Waals surface area contributed by atoms with E-state index in [1.54, 1.807) is 12.1 Å². The van der Waals surface area contributed by atoms with Gasteiger partial charge < -0.3 is 24.9 Å². The molecule has 3 rings (SSSR count). The largest absolute Gasteiger partial charge is 1.00 e. The number of fused-ring (bicyclic) bond motifs is 1. The van der Waals surface area contributed by atoms with E-state index < -0.39 is 18.5 Å². The molecule has 3 aromatic rings. The van der Waals surface area contributed by atoms with Crippen molar-refractivity contribution in [1.82, 2.24) is 4.57 Å². The van der Waals surface area contributed by atoms with Crippen LogP contribution in [-0.4, -0.2) is 23.1 Å². The molecule has 7 heteroatoms. The number of nitrogens with two attached hydrogens (primary N) is 1. The zero-order valence-corrected chi connectivity index (χ0v) is 17.4. The van der Waals surface area contributed by atoms with E-state index in [0.29, 0.717) is 17.7 Å². The van der Waals surface area contributed by atoms with Crippen molar-refractivity contribution in [1.29, 1.82) is 0 Å². The first-order valence-electron chi connectivity index (χ1n) is 8.23. The number of ether oxygens (including phenoxy) is 1. The summed E-state index contributed by atoms with van der Waals surface area (Å²) in [6, 6.07) is 15.3. The van der Waals surface area contributed by atoms with Crippen LogP contribution in [0.2, 0.25) is 0 Å². The van der Waals surface area contributed by atoms with E-state index in [1.807, 2.05) is 43.3 Å². The number of carboxylic acid groups (broad SMARTS) is 1. The van der Waals surface area contributed by atoms with E-state index >= 15 is 0 Å². The van der Waals surface area contributed by atoms with Crippen LogP contribution in [0.4, 0.5) is 0 Å². The smallest absolute Gasteiger partial charge is 0.546 e. The van der Waals surface area contributed by atoms with Crippen LogP contribution < -0.4 is 45.1 Å². The van der Waals surface area contributed by atoms with Gasteiger partial charge in [-0.25, -0.2) is 0 Å². The predicted molar refractivity (Wildman–Crippen MR) is 95.6 cm³/mol. The molecule has 2 N–H and O–H groups in total. The molecule has 0 fully saturated rings. The van der Waals surface area contributed by atoms with E-state index in [4.69, 9.17) is 10.5 Å². The van der Waals surface area contributed by atoms with E-state index in [2.05, 4.69) is 4.57 Å². The molecule has 0 bridgehead atoms. The minimum atomic E-state index is -1.31. The summed E-state index contributed by atoms with van der Waals surface area (Å²) in [6.07, 6.45) is 0.0514. The summed E-state index contributed by atoms with van der Waals surface area (Å²) in [5, 5.41) is 11.5. The van der Waals surface area contributed by atoms with E-state index in [0.717, 1.165) is 22.3 Å². The standard InChI is InChI=1S/C20H20N2O4.Na/c1-13-15(10-18(21)23)20-16(8-5-9-17(20)26-12-19(24)25)22(13)11-14-6-3-2-4-7-14;/h2-9H,10-12H2,1H3,(H2,21,23)(H,24,25);/q;+1/p-1. The molecule has 1 amide bonds. The molecule has 0 spiro atoms. The summed E-state index contributed by atoms with van der Waals surface area (Å²) in [5.41, 5.74) is 9.04. The Balaban J connectivity index is 0.00000261. The Kier molecular flexibility index (Phi) is 7.07. The average molecular weight is 374 g/mol. The second-order valence-electron chi connectivity index (χ2n) is 6.09. The van der Waals surface area contributed by atoms with Gasteiger partial charge in [0.25, 0.3) is 0 Å². The molecule has 134 valence electrons. The first-order valence-corrected chi connectivity index (χ1v) is 8.23. The fourth-order valence-electron chi connectivity index (χ4n) is 3.19. The Morgan fingerprint density at radius 1 is 1.11 bits per heavy atom. The van der Waals surface area contributed by atoms with Gasteiger partial charge in [0.05, 0.1) is 17.9 Å². The monoisotopic (exact) mass is 374 g/mol. The Morgan fingerprint density at radius 3 is 2.44 bits per heavy atom. The van der Waals surface area contributed by atoms with Crippen molar-refractivity contribution in [2.75, 3.05) is 6.61 Å². The summed E-state index contributed by atoms with van der Waals surface area (Å²) in [5.74, 6) is -1.36. The fraction of sp³-hybridized carbons (Fsp3) is 0.200. The third-order valence-electron chi connectivity index (χ3n) is 4.32. The van der Waals surface area contributed by atoms with Crippen LogP contribution in [0.1, 0.15) is 16.8 Å². The van der Waals surface area contributed by atoms with Crippen LogP contribution in [-0.2, 0) is 22.6 Å². The van der Waals surface area contributed by atoms with Crippen LogP contribution >= 0.6 is 0 Å². The molecule has 0 radical (unpaired) electrons. The van der Waals surface area contributed by atoms with E-state index in [1.165, 1.54) is 0 Å². The molecule has 1 aromatic heterocycles. The minimum absolute atomic E-state index is 0. The van der Waals surface area contributed by atoms with Crippen LogP contribution in [0.3, 0.4) is 0 Å².